The highest BCUT2D eigenvalue weighted by atomic mass is 16.5. The Kier molecular flexibility index (Phi) is 1.71. The quantitative estimate of drug-likeness (QED) is 0.478. The van der Waals surface area contributed by atoms with Crippen molar-refractivity contribution in [2.45, 2.75) is 13.8 Å². The molecule has 0 fully saturated rings. The molecule has 1 atom stereocenters. The Labute approximate surface area is 77.5 Å². The van der Waals surface area contributed by atoms with Crippen LogP contribution in [0.4, 0.5) is 11.4 Å². The van der Waals surface area contributed by atoms with Crippen molar-refractivity contribution < 1.29 is 0 Å². The third-order valence-corrected chi connectivity index (χ3v) is 2.52. The first kappa shape index (κ1) is 8.41. The van der Waals surface area contributed by atoms with Gasteiger partial charge in [0.05, 0.1) is 6.54 Å². The van der Waals surface area contributed by atoms with Crippen molar-refractivity contribution in [1.82, 2.24) is 4.65 Å². The molecule has 0 spiro atoms. The number of fused-ring (bicyclic) bond motifs is 1. The number of para-hydroxylation sites is 2. The van der Waals surface area contributed by atoms with Crippen LogP contribution in [-0.4, -0.2) is 12.4 Å². The first-order chi connectivity index (χ1) is 6.18. The molecule has 0 saturated carbocycles. The van der Waals surface area contributed by atoms with Crippen molar-refractivity contribution in [3.63, 3.8) is 0 Å². The summed E-state index contributed by atoms with van der Waals surface area (Å²) in [7, 11) is 0. The number of hydroxylamine groups is 2. The number of amidine groups is 1. The lowest BCUT2D eigenvalue weighted by Gasteiger charge is -2.36. The summed E-state index contributed by atoms with van der Waals surface area (Å²) in [6.07, 6.45) is 0. The molecule has 1 aliphatic rings. The SMILES string of the molecule is CC[N+]1([O-])C(C)=Nc2ccccc21. The molecule has 3 nitrogen and oxygen atoms in total. The summed E-state index contributed by atoms with van der Waals surface area (Å²) >= 11 is 0. The highest BCUT2D eigenvalue weighted by Gasteiger charge is 2.31. The van der Waals surface area contributed by atoms with Gasteiger partial charge in [-0.2, -0.15) is 4.99 Å². The zero-order chi connectivity index (χ0) is 9.47. The standard InChI is InChI=1S/C10H12N2O/c1-3-12(13)8(2)11-9-6-4-5-7-10(9)12/h4-7H,3H2,1-2H3. The molecule has 1 aromatic carbocycles. The average molecular weight is 176 g/mol. The van der Waals surface area contributed by atoms with E-state index in [0.717, 1.165) is 11.4 Å². The second kappa shape index (κ2) is 2.65. The van der Waals surface area contributed by atoms with Gasteiger partial charge in [-0.3, -0.25) is 4.65 Å². The number of nitrogens with zero attached hydrogens (tertiary/aromatic N) is 2. The molecule has 1 aliphatic heterocycles. The van der Waals surface area contributed by atoms with E-state index in [9.17, 15) is 5.21 Å². The normalized spacial score (nSPS) is 25.6. The molecule has 0 saturated heterocycles. The molecule has 0 N–H and O–H groups in total. The molecule has 0 aromatic heterocycles. The van der Waals surface area contributed by atoms with Crippen molar-refractivity contribution in [2.75, 3.05) is 6.54 Å². The van der Waals surface area contributed by atoms with Gasteiger partial charge in [-0.15, -0.1) is 0 Å². The lowest BCUT2D eigenvalue weighted by atomic mass is 10.2. The van der Waals surface area contributed by atoms with Crippen LogP contribution < -0.4 is 4.65 Å². The van der Waals surface area contributed by atoms with E-state index in [1.165, 1.54) is 0 Å². The van der Waals surface area contributed by atoms with Crippen molar-refractivity contribution in [1.29, 1.82) is 0 Å². The van der Waals surface area contributed by atoms with Gasteiger partial charge in [-0.1, -0.05) is 12.1 Å². The Morgan fingerprint density at radius 2 is 2.08 bits per heavy atom. The molecule has 0 aliphatic carbocycles. The summed E-state index contributed by atoms with van der Waals surface area (Å²) in [5.41, 5.74) is 1.58. The number of quaternary nitrogens is 1. The second-order valence-electron chi connectivity index (χ2n) is 3.20. The van der Waals surface area contributed by atoms with Crippen molar-refractivity contribution in [3.05, 3.63) is 29.5 Å². The molecular formula is C10H12N2O. The summed E-state index contributed by atoms with van der Waals surface area (Å²) < 4.78 is -0.393. The largest absolute Gasteiger partial charge is 0.621 e. The maximum Gasteiger partial charge on any atom is 0.205 e. The zero-order valence-electron chi connectivity index (χ0n) is 7.82. The Bertz CT molecular complexity index is 373. The highest BCUT2D eigenvalue weighted by molar-refractivity contribution is 6.01. The van der Waals surface area contributed by atoms with E-state index in [-0.39, 0.29) is 0 Å². The Hall–Kier alpha value is -1.19. The van der Waals surface area contributed by atoms with Gasteiger partial charge in [0.25, 0.3) is 0 Å². The summed E-state index contributed by atoms with van der Waals surface area (Å²) in [5, 5.41) is 12.2. The predicted molar refractivity (Wildman–Crippen MR) is 54.9 cm³/mol. The van der Waals surface area contributed by atoms with Gasteiger partial charge in [0.1, 0.15) is 5.69 Å². The van der Waals surface area contributed by atoms with E-state index < -0.39 is 4.65 Å². The third-order valence-electron chi connectivity index (χ3n) is 2.52. The lowest BCUT2D eigenvalue weighted by molar-refractivity contribution is 0.579. The Balaban J connectivity index is 2.61. The zero-order valence-corrected chi connectivity index (χ0v) is 7.82. The summed E-state index contributed by atoms with van der Waals surface area (Å²) in [6, 6.07) is 7.52. The van der Waals surface area contributed by atoms with Crippen LogP contribution in [0.2, 0.25) is 0 Å². The van der Waals surface area contributed by atoms with E-state index in [0.29, 0.717) is 12.4 Å². The number of hydrogen-bond acceptors (Lipinski definition) is 2. The van der Waals surface area contributed by atoms with Crippen LogP contribution in [-0.2, 0) is 0 Å². The maximum atomic E-state index is 12.2. The Morgan fingerprint density at radius 3 is 2.77 bits per heavy atom. The molecule has 1 unspecified atom stereocenters. The van der Waals surface area contributed by atoms with Gasteiger partial charge in [0.2, 0.25) is 5.84 Å². The monoisotopic (exact) mass is 176 g/mol. The lowest BCUT2D eigenvalue weighted by Crippen LogP contribution is -2.44. The van der Waals surface area contributed by atoms with Gasteiger partial charge in [-0.25, -0.2) is 0 Å². The summed E-state index contributed by atoms with van der Waals surface area (Å²) in [5.74, 6) is 0.628. The number of aliphatic imine (C=N–C) groups is 1. The van der Waals surface area contributed by atoms with Crippen LogP contribution in [0.3, 0.4) is 0 Å². The number of hydrogen-bond donors (Lipinski definition) is 0. The van der Waals surface area contributed by atoms with E-state index in [1.807, 2.05) is 31.2 Å². The fourth-order valence-electron chi connectivity index (χ4n) is 1.69. The molecule has 1 heterocycles. The molecule has 0 amide bonds. The van der Waals surface area contributed by atoms with Crippen molar-refractivity contribution in [3.8, 4) is 0 Å². The minimum atomic E-state index is -0.393. The molecule has 3 heteroatoms. The van der Waals surface area contributed by atoms with Gasteiger partial charge < -0.3 is 5.21 Å². The second-order valence-corrected chi connectivity index (χ2v) is 3.20. The first-order valence-electron chi connectivity index (χ1n) is 4.43. The third kappa shape index (κ3) is 1.01. The van der Waals surface area contributed by atoms with Gasteiger partial charge in [0.15, 0.2) is 5.69 Å². The Morgan fingerprint density at radius 1 is 1.38 bits per heavy atom. The van der Waals surface area contributed by atoms with Crippen LogP contribution >= 0.6 is 0 Å². The van der Waals surface area contributed by atoms with Crippen molar-refractivity contribution >= 4 is 17.2 Å². The van der Waals surface area contributed by atoms with E-state index >= 15 is 0 Å². The fourth-order valence-corrected chi connectivity index (χ4v) is 1.69. The van der Waals surface area contributed by atoms with E-state index in [2.05, 4.69) is 4.99 Å². The van der Waals surface area contributed by atoms with Gasteiger partial charge in [-0.05, 0) is 13.0 Å². The fraction of sp³-hybridized carbons (Fsp3) is 0.300. The minimum Gasteiger partial charge on any atom is -0.621 e. The molecule has 0 bridgehead atoms. The van der Waals surface area contributed by atoms with E-state index in [4.69, 9.17) is 0 Å². The molecule has 68 valence electrons. The van der Waals surface area contributed by atoms with Crippen LogP contribution in [0.5, 0.6) is 0 Å². The number of rotatable bonds is 1. The average Bonchev–Trinajstić information content (AvgIpc) is 2.41. The van der Waals surface area contributed by atoms with E-state index in [1.54, 1.807) is 6.92 Å². The molecule has 13 heavy (non-hydrogen) atoms. The van der Waals surface area contributed by atoms with Crippen LogP contribution in [0.25, 0.3) is 0 Å². The van der Waals surface area contributed by atoms with Gasteiger partial charge >= 0.3 is 0 Å². The van der Waals surface area contributed by atoms with Gasteiger partial charge in [0, 0.05) is 13.0 Å². The summed E-state index contributed by atoms with van der Waals surface area (Å²) in [4.78, 5) is 4.25. The molecule has 2 rings (SSSR count). The topological polar surface area (TPSA) is 35.4 Å². The molecular weight excluding hydrogens is 164 g/mol. The molecule has 1 aromatic rings. The maximum absolute atomic E-state index is 12.2. The van der Waals surface area contributed by atoms with Crippen LogP contribution in [0, 0.1) is 5.21 Å². The minimum absolute atomic E-state index is 0.393. The van der Waals surface area contributed by atoms with Crippen LogP contribution in [0.15, 0.2) is 29.3 Å². The summed E-state index contributed by atoms with van der Waals surface area (Å²) in [6.45, 7) is 4.18. The first-order valence-corrected chi connectivity index (χ1v) is 4.43. The van der Waals surface area contributed by atoms with Crippen molar-refractivity contribution in [2.24, 2.45) is 4.99 Å². The van der Waals surface area contributed by atoms with Crippen LogP contribution in [0.1, 0.15) is 13.8 Å². The number of benzene rings is 1. The molecule has 0 radical (unpaired) electrons. The smallest absolute Gasteiger partial charge is 0.205 e. The highest BCUT2D eigenvalue weighted by Crippen LogP contribution is 2.39. The predicted octanol–water partition coefficient (Wildman–Crippen LogP) is 2.58.